The fourth-order valence-corrected chi connectivity index (χ4v) is 2.48. The normalized spacial score (nSPS) is 17.5. The van der Waals surface area contributed by atoms with Crippen LogP contribution in [0.15, 0.2) is 24.3 Å². The van der Waals surface area contributed by atoms with Gasteiger partial charge in [-0.25, -0.2) is 0 Å². The lowest BCUT2D eigenvalue weighted by Crippen LogP contribution is -2.39. The van der Waals surface area contributed by atoms with Gasteiger partial charge < -0.3 is 20.5 Å². The van der Waals surface area contributed by atoms with E-state index in [2.05, 4.69) is 10.6 Å². The largest absolute Gasteiger partial charge is 0.496 e. The van der Waals surface area contributed by atoms with Gasteiger partial charge in [-0.15, -0.1) is 0 Å². The number of benzene rings is 1. The number of carbonyl (C=O) groups excluding carboxylic acids is 1. The van der Waals surface area contributed by atoms with Crippen molar-refractivity contribution in [2.45, 2.75) is 18.9 Å². The van der Waals surface area contributed by atoms with E-state index in [1.54, 1.807) is 19.2 Å². The Morgan fingerprint density at radius 2 is 2.15 bits per heavy atom. The van der Waals surface area contributed by atoms with Crippen LogP contribution in [-0.2, 0) is 4.79 Å². The summed E-state index contributed by atoms with van der Waals surface area (Å²) >= 11 is 0. The van der Waals surface area contributed by atoms with Gasteiger partial charge in [0.05, 0.1) is 13.2 Å². The number of ether oxygens (including phenoxy) is 1. The highest BCUT2D eigenvalue weighted by Crippen LogP contribution is 2.24. The molecule has 0 bridgehead atoms. The Morgan fingerprint density at radius 1 is 1.45 bits per heavy atom. The molecule has 2 rings (SSSR count). The van der Waals surface area contributed by atoms with Crippen LogP contribution in [0.4, 0.5) is 0 Å². The van der Waals surface area contributed by atoms with Crippen LogP contribution in [0.3, 0.4) is 0 Å². The van der Waals surface area contributed by atoms with Gasteiger partial charge in [0, 0.05) is 18.0 Å². The van der Waals surface area contributed by atoms with Crippen molar-refractivity contribution in [2.75, 3.05) is 26.7 Å². The summed E-state index contributed by atoms with van der Waals surface area (Å²) < 4.78 is 5.21. The highest BCUT2D eigenvalue weighted by Gasteiger charge is 2.22. The minimum Gasteiger partial charge on any atom is -0.496 e. The van der Waals surface area contributed by atoms with Crippen molar-refractivity contribution in [3.05, 3.63) is 29.8 Å². The molecule has 0 saturated carbocycles. The summed E-state index contributed by atoms with van der Waals surface area (Å²) in [6, 6.07) is 7.30. The number of methoxy groups -OCH3 is 1. The molecule has 1 fully saturated rings. The SMILES string of the molecule is COc1ccccc1[C@@H](O)CNC(=O)C1CCNCC1. The molecule has 0 unspecified atom stereocenters. The molecule has 1 aromatic rings. The highest BCUT2D eigenvalue weighted by atomic mass is 16.5. The predicted octanol–water partition coefficient (Wildman–Crippen LogP) is 0.844. The average Bonchev–Trinajstić information content (AvgIpc) is 2.53. The van der Waals surface area contributed by atoms with Crippen molar-refractivity contribution < 1.29 is 14.6 Å². The van der Waals surface area contributed by atoms with Crippen molar-refractivity contribution in [1.82, 2.24) is 10.6 Å². The van der Waals surface area contributed by atoms with Crippen molar-refractivity contribution in [3.63, 3.8) is 0 Å². The number of rotatable bonds is 5. The van der Waals surface area contributed by atoms with Gasteiger partial charge in [0.2, 0.25) is 5.91 Å². The molecule has 5 heteroatoms. The zero-order valence-corrected chi connectivity index (χ0v) is 11.8. The first-order valence-electron chi connectivity index (χ1n) is 7.01. The van der Waals surface area contributed by atoms with Crippen LogP contribution in [-0.4, -0.2) is 37.8 Å². The van der Waals surface area contributed by atoms with E-state index in [0.717, 1.165) is 25.9 Å². The number of hydrogen-bond donors (Lipinski definition) is 3. The fraction of sp³-hybridized carbons (Fsp3) is 0.533. The second-order valence-electron chi connectivity index (χ2n) is 5.03. The number of para-hydroxylation sites is 1. The van der Waals surface area contributed by atoms with Crippen molar-refractivity contribution >= 4 is 5.91 Å². The minimum atomic E-state index is -0.753. The molecule has 1 atom stereocenters. The number of aliphatic hydroxyl groups is 1. The number of amides is 1. The van der Waals surface area contributed by atoms with E-state index in [1.807, 2.05) is 12.1 Å². The molecule has 1 aliphatic heterocycles. The number of piperidine rings is 1. The Morgan fingerprint density at radius 3 is 2.85 bits per heavy atom. The van der Waals surface area contributed by atoms with Gasteiger partial charge in [0.1, 0.15) is 5.75 Å². The summed E-state index contributed by atoms with van der Waals surface area (Å²) in [5.74, 6) is 0.720. The van der Waals surface area contributed by atoms with Gasteiger partial charge in [-0.2, -0.15) is 0 Å². The van der Waals surface area contributed by atoms with E-state index in [4.69, 9.17) is 4.74 Å². The number of carbonyl (C=O) groups is 1. The quantitative estimate of drug-likeness (QED) is 0.746. The van der Waals surface area contributed by atoms with Crippen LogP contribution in [0.25, 0.3) is 0 Å². The van der Waals surface area contributed by atoms with E-state index in [0.29, 0.717) is 11.3 Å². The van der Waals surface area contributed by atoms with E-state index in [9.17, 15) is 9.90 Å². The second kappa shape index (κ2) is 7.26. The first kappa shape index (κ1) is 14.8. The number of aliphatic hydroxyl groups excluding tert-OH is 1. The molecule has 0 spiro atoms. The molecule has 20 heavy (non-hydrogen) atoms. The zero-order chi connectivity index (χ0) is 14.4. The first-order valence-corrected chi connectivity index (χ1v) is 7.01. The maximum Gasteiger partial charge on any atom is 0.223 e. The van der Waals surface area contributed by atoms with Gasteiger partial charge in [0.25, 0.3) is 0 Å². The maximum atomic E-state index is 12.0. The summed E-state index contributed by atoms with van der Waals surface area (Å²) in [6.45, 7) is 1.98. The molecule has 1 amide bonds. The van der Waals surface area contributed by atoms with E-state index < -0.39 is 6.10 Å². The molecule has 1 aliphatic rings. The van der Waals surface area contributed by atoms with Gasteiger partial charge in [-0.3, -0.25) is 4.79 Å². The van der Waals surface area contributed by atoms with Crippen molar-refractivity contribution in [3.8, 4) is 5.75 Å². The van der Waals surface area contributed by atoms with Crippen LogP contribution in [0.5, 0.6) is 5.75 Å². The first-order chi connectivity index (χ1) is 9.72. The summed E-state index contributed by atoms with van der Waals surface area (Å²) in [5.41, 5.74) is 0.695. The van der Waals surface area contributed by atoms with Crippen LogP contribution >= 0.6 is 0 Å². The molecule has 0 aliphatic carbocycles. The summed E-state index contributed by atoms with van der Waals surface area (Å²) in [7, 11) is 1.57. The summed E-state index contributed by atoms with van der Waals surface area (Å²) in [5, 5.41) is 16.2. The Kier molecular flexibility index (Phi) is 5.38. The Bertz CT molecular complexity index is 444. The molecule has 1 aromatic carbocycles. The average molecular weight is 278 g/mol. The molecule has 1 saturated heterocycles. The second-order valence-corrected chi connectivity index (χ2v) is 5.03. The third-order valence-corrected chi connectivity index (χ3v) is 3.68. The highest BCUT2D eigenvalue weighted by molar-refractivity contribution is 5.78. The molecule has 3 N–H and O–H groups in total. The van der Waals surface area contributed by atoms with Gasteiger partial charge in [0.15, 0.2) is 0 Å². The van der Waals surface area contributed by atoms with Crippen LogP contribution < -0.4 is 15.4 Å². The Hall–Kier alpha value is -1.59. The topological polar surface area (TPSA) is 70.6 Å². The van der Waals surface area contributed by atoms with Crippen molar-refractivity contribution in [2.24, 2.45) is 5.92 Å². The van der Waals surface area contributed by atoms with Crippen LogP contribution in [0.2, 0.25) is 0 Å². The summed E-state index contributed by atoms with van der Waals surface area (Å²) in [4.78, 5) is 12.0. The van der Waals surface area contributed by atoms with E-state index >= 15 is 0 Å². The predicted molar refractivity (Wildman–Crippen MR) is 76.6 cm³/mol. The van der Waals surface area contributed by atoms with Gasteiger partial charge in [-0.1, -0.05) is 18.2 Å². The van der Waals surface area contributed by atoms with Gasteiger partial charge in [-0.05, 0) is 32.0 Å². The third-order valence-electron chi connectivity index (χ3n) is 3.68. The fourth-order valence-electron chi connectivity index (χ4n) is 2.48. The number of nitrogens with one attached hydrogen (secondary N) is 2. The smallest absolute Gasteiger partial charge is 0.223 e. The Labute approximate surface area is 119 Å². The van der Waals surface area contributed by atoms with E-state index in [-0.39, 0.29) is 18.4 Å². The summed E-state index contributed by atoms with van der Waals surface area (Å²) in [6.07, 6.45) is 0.963. The van der Waals surface area contributed by atoms with Gasteiger partial charge >= 0.3 is 0 Å². The molecule has 0 aromatic heterocycles. The molecule has 110 valence electrons. The lowest BCUT2D eigenvalue weighted by atomic mass is 9.97. The third kappa shape index (κ3) is 3.71. The molecular formula is C15H22N2O3. The lowest BCUT2D eigenvalue weighted by Gasteiger charge is -2.23. The molecule has 0 radical (unpaired) electrons. The lowest BCUT2D eigenvalue weighted by molar-refractivity contribution is -0.126. The minimum absolute atomic E-state index is 0.0282. The molecule has 5 nitrogen and oxygen atoms in total. The van der Waals surface area contributed by atoms with Crippen LogP contribution in [0, 0.1) is 5.92 Å². The van der Waals surface area contributed by atoms with Crippen molar-refractivity contribution in [1.29, 1.82) is 0 Å². The zero-order valence-electron chi connectivity index (χ0n) is 11.8. The number of hydrogen-bond acceptors (Lipinski definition) is 4. The Balaban J connectivity index is 1.88. The van der Waals surface area contributed by atoms with Crippen LogP contribution in [0.1, 0.15) is 24.5 Å². The standard InChI is InChI=1S/C15H22N2O3/c1-20-14-5-3-2-4-12(14)13(18)10-17-15(19)11-6-8-16-9-7-11/h2-5,11,13,16,18H,6-10H2,1H3,(H,17,19)/t13-/m0/s1. The maximum absolute atomic E-state index is 12.0. The molecule has 1 heterocycles. The monoisotopic (exact) mass is 278 g/mol. The van der Waals surface area contributed by atoms with E-state index in [1.165, 1.54) is 0 Å². The molecular weight excluding hydrogens is 256 g/mol.